The molecule has 2 aromatic rings. The molecule has 0 unspecified atom stereocenters. The van der Waals surface area contributed by atoms with Gasteiger partial charge in [0.05, 0.1) is 5.75 Å². The molecule has 0 fully saturated rings. The minimum absolute atomic E-state index is 0.0497. The van der Waals surface area contributed by atoms with Gasteiger partial charge in [0.1, 0.15) is 11.6 Å². The molecular formula is C17H23N3O3S. The molecule has 2 aromatic heterocycles. The van der Waals surface area contributed by atoms with Crippen LogP contribution in [-0.4, -0.2) is 34.1 Å². The normalized spacial score (nSPS) is 11.0. The van der Waals surface area contributed by atoms with E-state index in [1.807, 2.05) is 6.07 Å². The molecule has 0 aromatic carbocycles. The van der Waals surface area contributed by atoms with Gasteiger partial charge in [-0.15, -0.1) is 0 Å². The highest BCUT2D eigenvalue weighted by Crippen LogP contribution is 2.26. The molecule has 0 saturated heterocycles. The van der Waals surface area contributed by atoms with Crippen LogP contribution in [0.2, 0.25) is 0 Å². The van der Waals surface area contributed by atoms with Crippen molar-refractivity contribution in [1.29, 1.82) is 0 Å². The summed E-state index contributed by atoms with van der Waals surface area (Å²) < 4.78 is 5.28. The van der Waals surface area contributed by atoms with Crippen molar-refractivity contribution >= 4 is 23.5 Å². The number of hydrogen-bond acceptors (Lipinski definition) is 6. The third-order valence-corrected chi connectivity index (χ3v) is 4.48. The minimum Gasteiger partial charge on any atom is -0.475 e. The van der Waals surface area contributed by atoms with Gasteiger partial charge in [0.2, 0.25) is 5.76 Å². The second-order valence-corrected chi connectivity index (χ2v) is 6.56. The van der Waals surface area contributed by atoms with Crippen LogP contribution in [-0.2, 0) is 5.75 Å². The number of nitrogens with zero attached hydrogens (tertiary/aromatic N) is 3. The first-order valence-electron chi connectivity index (χ1n) is 8.03. The molecule has 0 aliphatic carbocycles. The maximum atomic E-state index is 10.9. The van der Waals surface area contributed by atoms with E-state index in [1.165, 1.54) is 17.8 Å². The SMILES string of the molecule is CCN(CC)c1cc(C(C)C)nc(SCc2ccc(C(=O)O)o2)n1. The Balaban J connectivity index is 2.19. The molecule has 130 valence electrons. The average molecular weight is 349 g/mol. The molecule has 0 aliphatic rings. The lowest BCUT2D eigenvalue weighted by atomic mass is 10.1. The molecule has 0 atom stereocenters. The van der Waals surface area contributed by atoms with Crippen LogP contribution in [0.5, 0.6) is 0 Å². The van der Waals surface area contributed by atoms with Crippen molar-refractivity contribution in [2.24, 2.45) is 0 Å². The van der Waals surface area contributed by atoms with E-state index >= 15 is 0 Å². The van der Waals surface area contributed by atoms with Gasteiger partial charge in [0.15, 0.2) is 5.16 Å². The fourth-order valence-electron chi connectivity index (χ4n) is 2.21. The van der Waals surface area contributed by atoms with Crippen molar-refractivity contribution < 1.29 is 14.3 Å². The third kappa shape index (κ3) is 4.50. The predicted octanol–water partition coefficient (Wildman–Crippen LogP) is 4.03. The summed E-state index contributed by atoms with van der Waals surface area (Å²) in [5.74, 6) is 1.21. The number of hydrogen-bond donors (Lipinski definition) is 1. The number of thioether (sulfide) groups is 1. The number of carboxylic acids is 1. The highest BCUT2D eigenvalue weighted by atomic mass is 32.2. The van der Waals surface area contributed by atoms with Crippen LogP contribution in [0.25, 0.3) is 0 Å². The van der Waals surface area contributed by atoms with Crippen LogP contribution < -0.4 is 4.90 Å². The topological polar surface area (TPSA) is 79.5 Å². The van der Waals surface area contributed by atoms with Crippen LogP contribution in [0.1, 0.15) is 55.6 Å². The highest BCUT2D eigenvalue weighted by molar-refractivity contribution is 7.98. The summed E-state index contributed by atoms with van der Waals surface area (Å²) in [5.41, 5.74) is 1.00. The molecule has 0 saturated carbocycles. The van der Waals surface area contributed by atoms with Crippen molar-refractivity contribution in [1.82, 2.24) is 9.97 Å². The lowest BCUT2D eigenvalue weighted by Gasteiger charge is -2.21. The van der Waals surface area contributed by atoms with Crippen LogP contribution in [0.4, 0.5) is 5.82 Å². The van der Waals surface area contributed by atoms with Gasteiger partial charge < -0.3 is 14.4 Å². The first kappa shape index (κ1) is 18.3. The van der Waals surface area contributed by atoms with E-state index in [-0.39, 0.29) is 5.76 Å². The van der Waals surface area contributed by atoms with Crippen LogP contribution >= 0.6 is 11.8 Å². The maximum absolute atomic E-state index is 10.9. The average Bonchev–Trinajstić information content (AvgIpc) is 3.03. The third-order valence-electron chi connectivity index (χ3n) is 3.61. The Hall–Kier alpha value is -2.02. The van der Waals surface area contributed by atoms with Crippen LogP contribution in [0.3, 0.4) is 0 Å². The van der Waals surface area contributed by atoms with Gasteiger partial charge in [0, 0.05) is 24.8 Å². The Labute approximate surface area is 146 Å². The number of furan rings is 1. The van der Waals surface area contributed by atoms with E-state index in [0.717, 1.165) is 24.6 Å². The lowest BCUT2D eigenvalue weighted by molar-refractivity contribution is 0.0661. The zero-order valence-corrected chi connectivity index (χ0v) is 15.3. The Kier molecular flexibility index (Phi) is 6.25. The summed E-state index contributed by atoms with van der Waals surface area (Å²) in [4.78, 5) is 22.3. The zero-order chi connectivity index (χ0) is 17.7. The van der Waals surface area contributed by atoms with Gasteiger partial charge in [-0.25, -0.2) is 14.8 Å². The number of aromatic nitrogens is 2. The molecule has 1 N–H and O–H groups in total. The monoisotopic (exact) mass is 349 g/mol. The number of carbonyl (C=O) groups is 1. The smallest absolute Gasteiger partial charge is 0.371 e. The van der Waals surface area contributed by atoms with E-state index in [0.29, 0.717) is 22.6 Å². The van der Waals surface area contributed by atoms with Gasteiger partial charge in [-0.2, -0.15) is 0 Å². The Morgan fingerprint density at radius 3 is 2.54 bits per heavy atom. The Morgan fingerprint density at radius 1 is 1.29 bits per heavy atom. The molecular weight excluding hydrogens is 326 g/mol. The Bertz CT molecular complexity index is 696. The van der Waals surface area contributed by atoms with Crippen LogP contribution in [0, 0.1) is 0 Å². The van der Waals surface area contributed by atoms with Crippen molar-refractivity contribution in [3.8, 4) is 0 Å². The second-order valence-electron chi connectivity index (χ2n) is 5.62. The van der Waals surface area contributed by atoms with E-state index in [9.17, 15) is 4.79 Å². The Morgan fingerprint density at radius 2 is 2.00 bits per heavy atom. The predicted molar refractivity (Wildman–Crippen MR) is 94.9 cm³/mol. The standard InChI is InChI=1S/C17H23N3O3S/c1-5-20(6-2)15-9-13(11(3)4)18-17(19-15)24-10-12-7-8-14(23-12)16(21)22/h7-9,11H,5-6,10H2,1-4H3,(H,21,22). The van der Waals surface area contributed by atoms with Gasteiger partial charge in [-0.1, -0.05) is 25.6 Å². The number of aromatic carboxylic acids is 1. The molecule has 7 heteroatoms. The summed E-state index contributed by atoms with van der Waals surface area (Å²) in [6.45, 7) is 10.2. The van der Waals surface area contributed by atoms with Gasteiger partial charge in [-0.05, 0) is 31.9 Å². The largest absolute Gasteiger partial charge is 0.475 e. The molecule has 24 heavy (non-hydrogen) atoms. The van der Waals surface area contributed by atoms with Gasteiger partial charge >= 0.3 is 5.97 Å². The van der Waals surface area contributed by atoms with Crippen molar-refractivity contribution in [2.75, 3.05) is 18.0 Å². The van der Waals surface area contributed by atoms with Crippen LogP contribution in [0.15, 0.2) is 27.8 Å². The molecule has 2 heterocycles. The molecule has 0 amide bonds. The lowest BCUT2D eigenvalue weighted by Crippen LogP contribution is -2.23. The molecule has 0 bridgehead atoms. The highest BCUT2D eigenvalue weighted by Gasteiger charge is 2.14. The zero-order valence-electron chi connectivity index (χ0n) is 14.4. The summed E-state index contributed by atoms with van der Waals surface area (Å²) in [5, 5.41) is 9.58. The molecule has 0 aliphatic heterocycles. The van der Waals surface area contributed by atoms with Gasteiger partial charge in [-0.3, -0.25) is 0 Å². The van der Waals surface area contributed by atoms with Crippen molar-refractivity contribution in [3.05, 3.63) is 35.4 Å². The number of anilines is 1. The molecule has 6 nitrogen and oxygen atoms in total. The fraction of sp³-hybridized carbons (Fsp3) is 0.471. The maximum Gasteiger partial charge on any atom is 0.371 e. The summed E-state index contributed by atoms with van der Waals surface area (Å²) >= 11 is 1.45. The summed E-state index contributed by atoms with van der Waals surface area (Å²) in [6.07, 6.45) is 0. The van der Waals surface area contributed by atoms with E-state index in [4.69, 9.17) is 9.52 Å². The first-order valence-corrected chi connectivity index (χ1v) is 9.01. The second kappa shape index (κ2) is 8.19. The molecule has 0 radical (unpaired) electrons. The molecule has 2 rings (SSSR count). The first-order chi connectivity index (χ1) is 11.4. The van der Waals surface area contributed by atoms with E-state index in [1.54, 1.807) is 6.07 Å². The molecule has 0 spiro atoms. The fourth-order valence-corrected chi connectivity index (χ4v) is 2.96. The van der Waals surface area contributed by atoms with Crippen molar-refractivity contribution in [2.45, 2.75) is 44.5 Å². The van der Waals surface area contributed by atoms with E-state index < -0.39 is 5.97 Å². The quantitative estimate of drug-likeness (QED) is 0.569. The van der Waals surface area contributed by atoms with E-state index in [2.05, 4.69) is 42.6 Å². The van der Waals surface area contributed by atoms with Crippen molar-refractivity contribution in [3.63, 3.8) is 0 Å². The number of carboxylic acid groups (broad SMARTS) is 1. The minimum atomic E-state index is -1.06. The number of rotatable bonds is 8. The van der Waals surface area contributed by atoms with Gasteiger partial charge in [0.25, 0.3) is 0 Å². The summed E-state index contributed by atoms with van der Waals surface area (Å²) in [7, 11) is 0. The summed E-state index contributed by atoms with van der Waals surface area (Å²) in [6, 6.07) is 5.18.